The Kier molecular flexibility index (Phi) is 4.56. The normalized spacial score (nSPS) is 15.7. The molecule has 1 unspecified atom stereocenters. The van der Waals surface area contributed by atoms with Gasteiger partial charge < -0.3 is 10.1 Å². The van der Waals surface area contributed by atoms with E-state index in [1.54, 1.807) is 0 Å². The lowest BCUT2D eigenvalue weighted by Crippen LogP contribution is -2.22. The van der Waals surface area contributed by atoms with Gasteiger partial charge in [0.2, 0.25) is 0 Å². The smallest absolute Gasteiger partial charge is 0.119 e. The van der Waals surface area contributed by atoms with Crippen molar-refractivity contribution in [3.63, 3.8) is 0 Å². The van der Waals surface area contributed by atoms with E-state index in [0.717, 1.165) is 24.8 Å². The number of rotatable bonds is 7. The van der Waals surface area contributed by atoms with Crippen LogP contribution in [0.1, 0.15) is 36.9 Å². The van der Waals surface area contributed by atoms with Crippen molar-refractivity contribution in [2.24, 2.45) is 5.92 Å². The largest absolute Gasteiger partial charge is 0.494 e. The zero-order chi connectivity index (χ0) is 14.5. The van der Waals surface area contributed by atoms with E-state index in [9.17, 15) is 0 Å². The van der Waals surface area contributed by atoms with Crippen LogP contribution >= 0.6 is 0 Å². The summed E-state index contributed by atoms with van der Waals surface area (Å²) in [5.41, 5.74) is 2.71. The summed E-state index contributed by atoms with van der Waals surface area (Å²) in [6, 6.07) is 19.7. The minimum atomic E-state index is 0.484. The van der Waals surface area contributed by atoms with Crippen molar-refractivity contribution < 1.29 is 4.74 Å². The third-order valence-corrected chi connectivity index (χ3v) is 4.01. The topological polar surface area (TPSA) is 21.3 Å². The first kappa shape index (κ1) is 14.2. The molecule has 0 amide bonds. The highest BCUT2D eigenvalue weighted by Gasteiger charge is 2.31. The van der Waals surface area contributed by atoms with Crippen molar-refractivity contribution in [3.8, 4) is 5.75 Å². The third kappa shape index (κ3) is 3.85. The van der Waals surface area contributed by atoms with Crippen LogP contribution < -0.4 is 10.1 Å². The predicted octanol–water partition coefficient (Wildman–Crippen LogP) is 4.33. The summed E-state index contributed by atoms with van der Waals surface area (Å²) in [5, 5.41) is 3.72. The van der Waals surface area contributed by atoms with Crippen molar-refractivity contribution >= 4 is 0 Å². The maximum Gasteiger partial charge on any atom is 0.119 e. The lowest BCUT2D eigenvalue weighted by atomic mass is 10.0. The van der Waals surface area contributed by atoms with Gasteiger partial charge in [-0.15, -0.1) is 0 Å². The van der Waals surface area contributed by atoms with Gasteiger partial charge in [-0.3, -0.25) is 0 Å². The van der Waals surface area contributed by atoms with Gasteiger partial charge in [0.25, 0.3) is 0 Å². The summed E-state index contributed by atoms with van der Waals surface area (Å²) in [7, 11) is 0. The lowest BCUT2D eigenvalue weighted by molar-refractivity contribution is 0.340. The van der Waals surface area contributed by atoms with Crippen molar-refractivity contribution in [1.29, 1.82) is 0 Å². The fraction of sp³-hybridized carbons (Fsp3) is 0.368. The van der Waals surface area contributed by atoms with Gasteiger partial charge in [0.15, 0.2) is 0 Å². The van der Waals surface area contributed by atoms with Crippen LogP contribution in [0.25, 0.3) is 0 Å². The van der Waals surface area contributed by atoms with E-state index in [4.69, 9.17) is 4.74 Å². The molecule has 21 heavy (non-hydrogen) atoms. The Morgan fingerprint density at radius 2 is 1.76 bits per heavy atom. The second-order valence-electron chi connectivity index (χ2n) is 5.68. The average molecular weight is 281 g/mol. The van der Waals surface area contributed by atoms with Crippen LogP contribution in [-0.4, -0.2) is 6.61 Å². The van der Waals surface area contributed by atoms with Crippen molar-refractivity contribution in [2.45, 2.75) is 32.4 Å². The number of benzene rings is 2. The number of ether oxygens (including phenoxy) is 1. The minimum absolute atomic E-state index is 0.484. The molecule has 0 aliphatic heterocycles. The summed E-state index contributed by atoms with van der Waals surface area (Å²) >= 11 is 0. The molecule has 2 heteroatoms. The van der Waals surface area contributed by atoms with Crippen LogP contribution in [0.3, 0.4) is 0 Å². The SMILES string of the molecule is CCOc1ccc(CNC(c2ccccc2)C2CC2)cc1. The van der Waals surface area contributed by atoms with E-state index in [0.29, 0.717) is 6.04 Å². The molecule has 0 saturated heterocycles. The Morgan fingerprint density at radius 1 is 1.05 bits per heavy atom. The second kappa shape index (κ2) is 6.77. The molecule has 1 fully saturated rings. The summed E-state index contributed by atoms with van der Waals surface area (Å²) in [6.45, 7) is 3.63. The molecule has 0 aromatic heterocycles. The Labute approximate surface area is 127 Å². The van der Waals surface area contributed by atoms with Gasteiger partial charge in [0, 0.05) is 12.6 Å². The molecule has 0 spiro atoms. The maximum absolute atomic E-state index is 5.48. The molecular weight excluding hydrogens is 258 g/mol. The van der Waals surface area contributed by atoms with E-state index in [-0.39, 0.29) is 0 Å². The van der Waals surface area contributed by atoms with E-state index >= 15 is 0 Å². The molecular formula is C19H23NO. The van der Waals surface area contributed by atoms with Gasteiger partial charge in [-0.05, 0) is 48.9 Å². The van der Waals surface area contributed by atoms with Gasteiger partial charge in [-0.25, -0.2) is 0 Å². The van der Waals surface area contributed by atoms with Crippen LogP contribution in [-0.2, 0) is 6.54 Å². The van der Waals surface area contributed by atoms with E-state index in [2.05, 4.69) is 59.9 Å². The molecule has 0 radical (unpaired) electrons. The van der Waals surface area contributed by atoms with Crippen LogP contribution in [0.5, 0.6) is 5.75 Å². The number of hydrogen-bond donors (Lipinski definition) is 1. The molecule has 110 valence electrons. The van der Waals surface area contributed by atoms with Crippen LogP contribution in [0.15, 0.2) is 54.6 Å². The third-order valence-electron chi connectivity index (χ3n) is 4.01. The van der Waals surface area contributed by atoms with Crippen molar-refractivity contribution in [2.75, 3.05) is 6.61 Å². The van der Waals surface area contributed by atoms with Crippen LogP contribution in [0.4, 0.5) is 0 Å². The monoisotopic (exact) mass is 281 g/mol. The van der Waals surface area contributed by atoms with Gasteiger partial charge in [-0.2, -0.15) is 0 Å². The first-order chi connectivity index (χ1) is 10.4. The molecule has 0 bridgehead atoms. The van der Waals surface area contributed by atoms with E-state index in [1.165, 1.54) is 24.0 Å². The Bertz CT molecular complexity index is 546. The summed E-state index contributed by atoms with van der Waals surface area (Å²) in [5.74, 6) is 1.75. The van der Waals surface area contributed by atoms with Gasteiger partial charge in [0.1, 0.15) is 5.75 Å². The standard InChI is InChI=1S/C19H23NO/c1-2-21-18-12-8-15(9-13-18)14-20-19(17-10-11-17)16-6-4-3-5-7-16/h3-9,12-13,17,19-20H,2,10-11,14H2,1H3. The first-order valence-electron chi connectivity index (χ1n) is 7.87. The molecule has 2 nitrogen and oxygen atoms in total. The quantitative estimate of drug-likeness (QED) is 0.815. The van der Waals surface area contributed by atoms with Crippen molar-refractivity contribution in [3.05, 3.63) is 65.7 Å². The Morgan fingerprint density at radius 3 is 2.38 bits per heavy atom. The fourth-order valence-electron chi connectivity index (χ4n) is 2.74. The van der Waals surface area contributed by atoms with Crippen LogP contribution in [0, 0.1) is 5.92 Å². The molecule has 1 atom stereocenters. The predicted molar refractivity (Wildman–Crippen MR) is 86.4 cm³/mol. The average Bonchev–Trinajstić information content (AvgIpc) is 3.35. The second-order valence-corrected chi connectivity index (χ2v) is 5.68. The first-order valence-corrected chi connectivity index (χ1v) is 7.87. The van der Waals surface area contributed by atoms with E-state index in [1.807, 2.05) is 6.92 Å². The Balaban J connectivity index is 1.62. The molecule has 1 N–H and O–H groups in total. The zero-order valence-corrected chi connectivity index (χ0v) is 12.6. The van der Waals surface area contributed by atoms with Gasteiger partial charge >= 0.3 is 0 Å². The highest BCUT2D eigenvalue weighted by molar-refractivity contribution is 5.28. The van der Waals surface area contributed by atoms with Crippen LogP contribution in [0.2, 0.25) is 0 Å². The summed E-state index contributed by atoms with van der Waals surface area (Å²) in [4.78, 5) is 0. The number of hydrogen-bond acceptors (Lipinski definition) is 2. The number of nitrogens with one attached hydrogen (secondary N) is 1. The molecule has 1 aliphatic carbocycles. The fourth-order valence-corrected chi connectivity index (χ4v) is 2.74. The Hall–Kier alpha value is -1.80. The minimum Gasteiger partial charge on any atom is -0.494 e. The summed E-state index contributed by atoms with van der Waals surface area (Å²) < 4.78 is 5.48. The summed E-state index contributed by atoms with van der Waals surface area (Å²) in [6.07, 6.45) is 2.69. The molecule has 3 rings (SSSR count). The zero-order valence-electron chi connectivity index (χ0n) is 12.6. The highest BCUT2D eigenvalue weighted by atomic mass is 16.5. The lowest BCUT2D eigenvalue weighted by Gasteiger charge is -2.19. The maximum atomic E-state index is 5.48. The van der Waals surface area contributed by atoms with Gasteiger partial charge in [0.05, 0.1) is 6.61 Å². The molecule has 1 aliphatic rings. The molecule has 1 saturated carbocycles. The van der Waals surface area contributed by atoms with Crippen molar-refractivity contribution in [1.82, 2.24) is 5.32 Å². The highest BCUT2D eigenvalue weighted by Crippen LogP contribution is 2.41. The molecule has 0 heterocycles. The van der Waals surface area contributed by atoms with E-state index < -0.39 is 0 Å². The van der Waals surface area contributed by atoms with Gasteiger partial charge in [-0.1, -0.05) is 42.5 Å². The molecule has 2 aromatic carbocycles. The molecule has 2 aromatic rings.